The Morgan fingerprint density at radius 1 is 0.919 bits per heavy atom. The van der Waals surface area contributed by atoms with Gasteiger partial charge in [-0.3, -0.25) is 4.79 Å². The van der Waals surface area contributed by atoms with Crippen molar-refractivity contribution in [1.29, 1.82) is 0 Å². The third kappa shape index (κ3) is 10.3. The van der Waals surface area contributed by atoms with Crippen molar-refractivity contribution in [3.05, 3.63) is 11.5 Å². The molecule has 7 nitrogen and oxygen atoms in total. The van der Waals surface area contributed by atoms with Crippen LogP contribution < -0.4 is 0 Å². The van der Waals surface area contributed by atoms with Crippen molar-refractivity contribution < 1.29 is 33.6 Å². The topological polar surface area (TPSA) is 91.3 Å². The van der Waals surface area contributed by atoms with Gasteiger partial charge in [0.1, 0.15) is 11.5 Å². The van der Waals surface area contributed by atoms with Crippen molar-refractivity contribution in [2.75, 3.05) is 13.2 Å². The number of Topliss-reactive ketones (excluding diaryl/α,β-unsaturated/α-hetero) is 1. The van der Waals surface area contributed by atoms with E-state index >= 15 is 0 Å². The molecule has 0 radical (unpaired) electrons. The van der Waals surface area contributed by atoms with Crippen LogP contribution in [-0.4, -0.2) is 42.7 Å². The molecule has 1 N–H and O–H groups in total. The maximum atomic E-state index is 12.6. The monoisotopic (exact) mass is 518 g/mol. The highest BCUT2D eigenvalue weighted by Gasteiger charge is 2.33. The van der Waals surface area contributed by atoms with Gasteiger partial charge in [-0.2, -0.15) is 0 Å². The SMILES string of the molecule is CCCC#CCCC[C@H]1CCC(=O)[C@@H]1CCCCC(OC1CCCCO1)=C(OC1CCCCO1)C(=O)O. The molecule has 3 fully saturated rings. The maximum absolute atomic E-state index is 12.6. The van der Waals surface area contributed by atoms with E-state index in [0.717, 1.165) is 89.9 Å². The van der Waals surface area contributed by atoms with E-state index in [1.165, 1.54) is 0 Å². The Bertz CT molecular complexity index is 796. The van der Waals surface area contributed by atoms with Crippen LogP contribution in [0.2, 0.25) is 0 Å². The number of hydrogen-bond acceptors (Lipinski definition) is 6. The van der Waals surface area contributed by atoms with Crippen LogP contribution in [0, 0.1) is 23.7 Å². The van der Waals surface area contributed by atoms with Crippen molar-refractivity contribution in [3.63, 3.8) is 0 Å². The lowest BCUT2D eigenvalue weighted by Crippen LogP contribution is -2.27. The summed E-state index contributed by atoms with van der Waals surface area (Å²) in [4.78, 5) is 24.7. The zero-order valence-corrected chi connectivity index (χ0v) is 22.6. The molecule has 37 heavy (non-hydrogen) atoms. The summed E-state index contributed by atoms with van der Waals surface area (Å²) in [5.41, 5.74) is 0. The molecule has 2 heterocycles. The average Bonchev–Trinajstić information content (AvgIpc) is 3.26. The summed E-state index contributed by atoms with van der Waals surface area (Å²) in [5.74, 6) is 6.41. The summed E-state index contributed by atoms with van der Waals surface area (Å²) in [7, 11) is 0. The van der Waals surface area contributed by atoms with E-state index in [2.05, 4.69) is 18.8 Å². The predicted molar refractivity (Wildman–Crippen MR) is 140 cm³/mol. The van der Waals surface area contributed by atoms with Crippen molar-refractivity contribution in [3.8, 4) is 11.8 Å². The molecule has 1 aliphatic carbocycles. The van der Waals surface area contributed by atoms with Gasteiger partial charge in [-0.1, -0.05) is 13.3 Å². The average molecular weight is 519 g/mol. The molecule has 0 spiro atoms. The normalized spacial score (nSPS) is 26.7. The van der Waals surface area contributed by atoms with Crippen LogP contribution in [0.5, 0.6) is 0 Å². The van der Waals surface area contributed by atoms with E-state index in [4.69, 9.17) is 18.9 Å². The van der Waals surface area contributed by atoms with Gasteiger partial charge in [0.15, 0.2) is 12.6 Å². The summed E-state index contributed by atoms with van der Waals surface area (Å²) in [6, 6.07) is 0. The van der Waals surface area contributed by atoms with E-state index in [-0.39, 0.29) is 11.7 Å². The van der Waals surface area contributed by atoms with E-state index in [1.54, 1.807) is 0 Å². The smallest absolute Gasteiger partial charge is 0.374 e. The first kappa shape index (κ1) is 29.5. The van der Waals surface area contributed by atoms with Crippen LogP contribution in [0.3, 0.4) is 0 Å². The summed E-state index contributed by atoms with van der Waals surface area (Å²) >= 11 is 0. The van der Waals surface area contributed by atoms with E-state index < -0.39 is 18.5 Å². The fourth-order valence-electron chi connectivity index (χ4n) is 5.48. The Kier molecular flexibility index (Phi) is 13.3. The van der Waals surface area contributed by atoms with Gasteiger partial charge in [0.2, 0.25) is 5.76 Å². The molecule has 2 unspecified atom stereocenters. The number of ketones is 1. The third-order valence-electron chi connectivity index (χ3n) is 7.54. The summed E-state index contributed by atoms with van der Waals surface area (Å²) in [6.45, 7) is 3.32. The second kappa shape index (κ2) is 16.7. The van der Waals surface area contributed by atoms with Crippen LogP contribution in [0.4, 0.5) is 0 Å². The number of allylic oxidation sites excluding steroid dienone is 1. The second-order valence-corrected chi connectivity index (χ2v) is 10.5. The number of hydrogen-bond donors (Lipinski definition) is 1. The molecule has 4 atom stereocenters. The minimum Gasteiger partial charge on any atom is -0.475 e. The van der Waals surface area contributed by atoms with Gasteiger partial charge < -0.3 is 24.1 Å². The Hall–Kier alpha value is -2.04. The highest BCUT2D eigenvalue weighted by Crippen LogP contribution is 2.36. The Balaban J connectivity index is 1.55. The fourth-order valence-corrected chi connectivity index (χ4v) is 5.48. The molecule has 0 aromatic carbocycles. The van der Waals surface area contributed by atoms with Gasteiger partial charge >= 0.3 is 5.97 Å². The number of carboxylic acid groups (broad SMARTS) is 1. The zero-order valence-electron chi connectivity index (χ0n) is 22.6. The minimum atomic E-state index is -1.15. The largest absolute Gasteiger partial charge is 0.475 e. The molecular weight excluding hydrogens is 472 g/mol. The number of unbranched alkanes of at least 4 members (excludes halogenated alkanes) is 3. The Morgan fingerprint density at radius 2 is 1.62 bits per heavy atom. The number of carbonyl (C=O) groups is 2. The lowest BCUT2D eigenvalue weighted by molar-refractivity contribution is -0.170. The number of rotatable bonds is 14. The van der Waals surface area contributed by atoms with Crippen molar-refractivity contribution >= 4 is 11.8 Å². The van der Waals surface area contributed by atoms with Crippen molar-refractivity contribution in [2.45, 2.75) is 129 Å². The fraction of sp³-hybridized carbons (Fsp3) is 0.800. The number of carbonyl (C=O) groups excluding carboxylic acids is 1. The quantitative estimate of drug-likeness (QED) is 0.121. The van der Waals surface area contributed by atoms with Crippen LogP contribution >= 0.6 is 0 Å². The summed E-state index contributed by atoms with van der Waals surface area (Å²) in [6.07, 6.45) is 13.9. The third-order valence-corrected chi connectivity index (χ3v) is 7.54. The van der Waals surface area contributed by atoms with Gasteiger partial charge in [0, 0.05) is 44.4 Å². The first-order valence-electron chi connectivity index (χ1n) is 14.6. The van der Waals surface area contributed by atoms with Gasteiger partial charge in [-0.05, 0) is 70.1 Å². The molecule has 2 aliphatic heterocycles. The number of carboxylic acids is 1. The highest BCUT2D eigenvalue weighted by molar-refractivity contribution is 5.85. The van der Waals surface area contributed by atoms with Crippen molar-refractivity contribution in [1.82, 2.24) is 0 Å². The first-order chi connectivity index (χ1) is 18.1. The molecule has 0 amide bonds. The van der Waals surface area contributed by atoms with Gasteiger partial charge in [-0.15, -0.1) is 11.8 Å². The molecule has 0 aromatic rings. The first-order valence-corrected chi connectivity index (χ1v) is 14.6. The van der Waals surface area contributed by atoms with Gasteiger partial charge in [0.05, 0.1) is 13.2 Å². The van der Waals surface area contributed by atoms with Crippen LogP contribution in [-0.2, 0) is 28.5 Å². The second-order valence-electron chi connectivity index (χ2n) is 10.5. The standard InChI is InChI=1S/C30H46O7/c1-2-3-4-5-6-7-14-23-19-20-25(31)24(23)15-8-9-16-26(36-27-17-10-12-21-34-27)29(30(32)33)37-28-18-11-13-22-35-28/h23-24,27-28H,2-3,6-22H2,1H3,(H,32,33)/t23-,24+,27?,28?/m0/s1. The van der Waals surface area contributed by atoms with Crippen LogP contribution in [0.1, 0.15) is 116 Å². The molecular formula is C30H46O7. The zero-order chi connectivity index (χ0) is 26.3. The van der Waals surface area contributed by atoms with Gasteiger partial charge in [0.25, 0.3) is 0 Å². The maximum Gasteiger partial charge on any atom is 0.374 e. The minimum absolute atomic E-state index is 0.115. The Labute approximate surface area is 222 Å². The molecule has 3 aliphatic rings. The molecule has 0 aromatic heterocycles. The number of ether oxygens (including phenoxy) is 4. The molecule has 208 valence electrons. The van der Waals surface area contributed by atoms with Crippen LogP contribution in [0.25, 0.3) is 0 Å². The number of aliphatic carboxylic acids is 1. The van der Waals surface area contributed by atoms with Gasteiger partial charge in [-0.25, -0.2) is 4.79 Å². The molecule has 1 saturated carbocycles. The van der Waals surface area contributed by atoms with E-state index in [0.29, 0.717) is 49.9 Å². The molecule has 7 heteroatoms. The van der Waals surface area contributed by atoms with E-state index in [1.807, 2.05) is 0 Å². The summed E-state index contributed by atoms with van der Waals surface area (Å²) in [5, 5.41) is 9.94. The summed E-state index contributed by atoms with van der Waals surface area (Å²) < 4.78 is 23.2. The Morgan fingerprint density at radius 3 is 2.27 bits per heavy atom. The molecule has 3 rings (SSSR count). The molecule has 2 saturated heterocycles. The highest BCUT2D eigenvalue weighted by atomic mass is 16.7. The van der Waals surface area contributed by atoms with E-state index in [9.17, 15) is 14.7 Å². The van der Waals surface area contributed by atoms with Crippen molar-refractivity contribution in [2.24, 2.45) is 11.8 Å². The molecule has 0 bridgehead atoms. The van der Waals surface area contributed by atoms with Crippen LogP contribution in [0.15, 0.2) is 11.5 Å². The lowest BCUT2D eigenvalue weighted by atomic mass is 9.86. The lowest BCUT2D eigenvalue weighted by Gasteiger charge is -2.28. The predicted octanol–water partition coefficient (Wildman–Crippen LogP) is 6.50.